The fraction of sp³-hybridized carbons (Fsp3) is 0.603. The lowest BCUT2D eigenvalue weighted by Crippen LogP contribution is -2.59. The number of ether oxygens (including phenoxy) is 7. The Bertz CT molecular complexity index is 3980. The van der Waals surface area contributed by atoms with Crippen molar-refractivity contribution in [2.24, 2.45) is 0 Å². The highest BCUT2D eigenvalue weighted by molar-refractivity contribution is 5.99. The minimum absolute atomic E-state index is 0.0477. The summed E-state index contributed by atoms with van der Waals surface area (Å²) in [6, 6.07) is 7.58. The van der Waals surface area contributed by atoms with Crippen molar-refractivity contribution in [1.29, 1.82) is 0 Å². The second kappa shape index (κ2) is 33.8. The first-order valence-electron chi connectivity index (χ1n) is 38.0. The fourth-order valence-electron chi connectivity index (χ4n) is 16.9. The lowest BCUT2D eigenvalue weighted by molar-refractivity contribution is -0.154. The topological polar surface area (TPSA) is 369 Å². The van der Waals surface area contributed by atoms with Crippen LogP contribution in [-0.4, -0.2) is 270 Å². The smallest absolute Gasteiger partial charge is 0.410 e. The zero-order valence-corrected chi connectivity index (χ0v) is 64.7. The Kier molecular flexibility index (Phi) is 24.8. The fourth-order valence-corrected chi connectivity index (χ4v) is 16.9. The van der Waals surface area contributed by atoms with Crippen molar-refractivity contribution in [3.8, 4) is 28.4 Å². The van der Waals surface area contributed by atoms with Crippen molar-refractivity contribution in [3.63, 3.8) is 0 Å². The van der Waals surface area contributed by atoms with Crippen LogP contribution in [0.15, 0.2) is 60.7 Å². The molecule has 3 aromatic carbocycles. The van der Waals surface area contributed by atoms with E-state index in [4.69, 9.17) is 33.2 Å². The Morgan fingerprint density at radius 1 is 0.473 bits per heavy atom. The van der Waals surface area contributed by atoms with E-state index in [1.165, 1.54) is 69.5 Å². The largest absolute Gasteiger partial charge is 0.493 e. The number of nitrogens with zero attached hydrogens (tertiary/aromatic N) is 7. The molecule has 0 aromatic heterocycles. The molecule has 3 aromatic rings. The number of nitrogens with one attached hydrogen (secondary N) is 5. The summed E-state index contributed by atoms with van der Waals surface area (Å²) >= 11 is 0. The Morgan fingerprint density at radius 2 is 0.845 bits per heavy atom. The molecule has 5 N–H and O–H groups in total. The highest BCUT2D eigenvalue weighted by Gasteiger charge is 2.55. The van der Waals surface area contributed by atoms with E-state index in [0.717, 1.165) is 22.3 Å². The molecular formula is C78H104N12O20. The van der Waals surface area contributed by atoms with Gasteiger partial charge in [0, 0.05) is 84.2 Å². The number of hydrogen-bond acceptors (Lipinski definition) is 20. The molecule has 0 bridgehead atoms. The molecule has 7 fully saturated rings. The van der Waals surface area contributed by atoms with Gasteiger partial charge >= 0.3 is 24.2 Å². The van der Waals surface area contributed by atoms with E-state index >= 15 is 28.8 Å². The van der Waals surface area contributed by atoms with E-state index in [9.17, 15) is 33.6 Å². The molecule has 7 aliphatic heterocycles. The van der Waals surface area contributed by atoms with Crippen LogP contribution in [0.3, 0.4) is 0 Å². The molecule has 8 aliphatic rings. The zero-order chi connectivity index (χ0) is 79.4. The Labute approximate surface area is 639 Å². The number of likely N-dealkylation sites (tertiary alicyclic amines) is 7. The molecule has 12 amide bonds. The third-order valence-electron chi connectivity index (χ3n) is 21.6. The number of alkyl carbamates (subject to hydrolysis) is 2. The second-order valence-electron chi connectivity index (χ2n) is 31.6. The van der Waals surface area contributed by atoms with Crippen LogP contribution >= 0.6 is 0 Å². The quantitative estimate of drug-likeness (QED) is 0.0728. The number of hydrogen-bond donors (Lipinski definition) is 5. The predicted molar refractivity (Wildman–Crippen MR) is 394 cm³/mol. The van der Waals surface area contributed by atoms with Crippen LogP contribution in [0.25, 0.3) is 11.1 Å². The van der Waals surface area contributed by atoms with Crippen LogP contribution in [0.1, 0.15) is 162 Å². The van der Waals surface area contributed by atoms with E-state index in [0.29, 0.717) is 42.1 Å². The van der Waals surface area contributed by atoms with Crippen molar-refractivity contribution in [3.05, 3.63) is 77.4 Å². The molecule has 32 heteroatoms. The first kappa shape index (κ1) is 80.6. The first-order valence-corrected chi connectivity index (χ1v) is 38.0. The SMILES string of the molecule is COc1cc(C(C)OC(=O)CCNC(=O)[C@@H]2C[C@H](NC(=O)OC(C)(C)C)CN2C(=O)[C@@H]2CCCN2C(=O)[C@@H]2C[C@H](NC(C)=O)CN2C(=O)[C@@H]2CCCN2C(=O)[C@@H]2C[C@H](NC(C)=O)CN2C(=O)[C@@H]2CCCN2C(=O)[C@@H]2C[C@H](NC(=O)OC(C)(C)C)CN2C(=O)OCC2c3ccccc3-c3ccccc32)cc(OC)c1OC. The molecule has 7 heterocycles. The van der Waals surface area contributed by atoms with Crippen molar-refractivity contribution in [2.75, 3.05) is 80.3 Å². The molecule has 110 heavy (non-hydrogen) atoms. The molecule has 596 valence electrons. The summed E-state index contributed by atoms with van der Waals surface area (Å²) in [5.41, 5.74) is 2.77. The first-order chi connectivity index (χ1) is 52.2. The number of fused-ring (bicyclic) bond motifs is 3. The van der Waals surface area contributed by atoms with Gasteiger partial charge in [-0.15, -0.1) is 0 Å². The number of rotatable bonds is 21. The van der Waals surface area contributed by atoms with Crippen LogP contribution < -0.4 is 40.8 Å². The van der Waals surface area contributed by atoms with Gasteiger partial charge in [-0.25, -0.2) is 14.4 Å². The van der Waals surface area contributed by atoms with E-state index in [1.807, 2.05) is 48.5 Å². The van der Waals surface area contributed by atoms with Gasteiger partial charge in [0.15, 0.2) is 11.5 Å². The maximum absolute atomic E-state index is 15.5. The van der Waals surface area contributed by atoms with Gasteiger partial charge in [-0.1, -0.05) is 48.5 Å². The minimum atomic E-state index is -1.26. The zero-order valence-electron chi connectivity index (χ0n) is 64.7. The van der Waals surface area contributed by atoms with Crippen molar-refractivity contribution >= 4 is 77.4 Å². The normalized spacial score (nSPS) is 24.6. The molecule has 11 rings (SSSR count). The molecule has 0 radical (unpaired) electrons. The highest BCUT2D eigenvalue weighted by Crippen LogP contribution is 2.46. The number of carbonyl (C=O) groups is 13. The lowest BCUT2D eigenvalue weighted by atomic mass is 9.98. The van der Waals surface area contributed by atoms with Gasteiger partial charge in [0.25, 0.3) is 0 Å². The average molecular weight is 1530 g/mol. The van der Waals surface area contributed by atoms with E-state index in [1.54, 1.807) is 60.6 Å². The van der Waals surface area contributed by atoms with Gasteiger partial charge < -0.3 is 89.1 Å². The molecule has 32 nitrogen and oxygen atoms in total. The molecule has 7 saturated heterocycles. The van der Waals surface area contributed by atoms with Gasteiger partial charge in [0.1, 0.15) is 66.2 Å². The lowest BCUT2D eigenvalue weighted by Gasteiger charge is -2.37. The van der Waals surface area contributed by atoms with Crippen LogP contribution in [0.5, 0.6) is 17.2 Å². The van der Waals surface area contributed by atoms with E-state index < -0.39 is 161 Å². The molecule has 1 unspecified atom stereocenters. The van der Waals surface area contributed by atoms with Gasteiger partial charge in [0.05, 0.1) is 39.8 Å². The molecule has 1 aliphatic carbocycles. The maximum atomic E-state index is 15.5. The number of carbonyl (C=O) groups excluding carboxylic acids is 13. The summed E-state index contributed by atoms with van der Waals surface area (Å²) in [7, 11) is 4.37. The van der Waals surface area contributed by atoms with Crippen molar-refractivity contribution in [1.82, 2.24) is 60.9 Å². The van der Waals surface area contributed by atoms with E-state index in [2.05, 4.69) is 26.6 Å². The summed E-state index contributed by atoms with van der Waals surface area (Å²) in [5, 5.41) is 14.1. The maximum Gasteiger partial charge on any atom is 0.410 e. The Balaban J connectivity index is 0.781. The molecular weight excluding hydrogens is 1420 g/mol. The number of esters is 1. The predicted octanol–water partition coefficient (Wildman–Crippen LogP) is 4.42. The monoisotopic (exact) mass is 1530 g/mol. The van der Waals surface area contributed by atoms with E-state index in [-0.39, 0.29) is 116 Å². The second-order valence-corrected chi connectivity index (χ2v) is 31.6. The van der Waals surface area contributed by atoms with Crippen LogP contribution in [0.4, 0.5) is 14.4 Å². The average Bonchev–Trinajstić information content (AvgIpc) is 1.62. The minimum Gasteiger partial charge on any atom is -0.493 e. The molecule has 12 atom stereocenters. The summed E-state index contributed by atoms with van der Waals surface area (Å²) in [5.74, 6) is -5.05. The van der Waals surface area contributed by atoms with Gasteiger partial charge in [0.2, 0.25) is 58.9 Å². The number of amides is 12. The summed E-state index contributed by atoms with van der Waals surface area (Å²) < 4.78 is 39.3. The third-order valence-corrected chi connectivity index (χ3v) is 21.6. The standard InChI is InChI=1S/C78H104N12O20/c1-43(46-32-63(104-10)66(106-12)64(33-46)105-11)108-65(93)27-28-79-67(94)59-34-49(82-74(101)109-77(4,5)6)40-87(59)68(95)56-24-17-29-84(56)71(98)60-35-47(80-44(2)91)38-88(60)69(96)57-25-18-30-85(57)72(99)61-36-48(81-45(3)92)39-89(61)70(97)58-26-19-31-86(58)73(100)62-37-50(83-75(102)110-78(7,8)9)41-90(62)76(103)107-42-55-53-22-15-13-20-51(53)52-21-14-16-23-54(52)55/h13-16,20-23,32-33,43,47-50,55-62H,17-19,24-31,34-42H2,1-12H3,(H,79,94)(H,80,91)(H,81,92)(H,82,101)(H,83,102)/t43?,47-,48-,49-,50-,56-,57-,58-,59-,60-,61-,62-/m0/s1. The number of benzene rings is 3. The highest BCUT2D eigenvalue weighted by atomic mass is 16.6. The van der Waals surface area contributed by atoms with Crippen molar-refractivity contribution in [2.45, 2.75) is 223 Å². The van der Waals surface area contributed by atoms with Crippen LogP contribution in [0.2, 0.25) is 0 Å². The summed E-state index contributed by atoms with van der Waals surface area (Å²) in [6.07, 6.45) is -2.08. The van der Waals surface area contributed by atoms with Crippen molar-refractivity contribution < 1.29 is 95.5 Å². The summed E-state index contributed by atoms with van der Waals surface area (Å²) in [4.78, 5) is 196. The Morgan fingerprint density at radius 3 is 1.25 bits per heavy atom. The molecule has 0 spiro atoms. The van der Waals surface area contributed by atoms with Crippen LogP contribution in [0, 0.1) is 0 Å². The summed E-state index contributed by atoms with van der Waals surface area (Å²) in [6.45, 7) is 13.9. The van der Waals surface area contributed by atoms with Crippen LogP contribution in [-0.2, 0) is 66.9 Å². The van der Waals surface area contributed by atoms with Gasteiger partial charge in [-0.2, -0.15) is 0 Å². The number of methoxy groups -OCH3 is 3. The molecule has 0 saturated carbocycles. The van der Waals surface area contributed by atoms with Gasteiger partial charge in [-0.3, -0.25) is 52.8 Å². The third kappa shape index (κ3) is 18.0. The Hall–Kier alpha value is -10.4. The van der Waals surface area contributed by atoms with Gasteiger partial charge in [-0.05, 0) is 153 Å².